The normalized spacial score (nSPS) is 15.5. The molecule has 0 aliphatic carbocycles. The van der Waals surface area contributed by atoms with E-state index in [2.05, 4.69) is 27.1 Å². The summed E-state index contributed by atoms with van der Waals surface area (Å²) in [5.41, 5.74) is 6.40. The van der Waals surface area contributed by atoms with Crippen molar-refractivity contribution in [1.82, 2.24) is 14.9 Å². The van der Waals surface area contributed by atoms with E-state index < -0.39 is 0 Å². The Kier molecular flexibility index (Phi) is 9.42. The van der Waals surface area contributed by atoms with E-state index >= 15 is 0 Å². The molecule has 43 heavy (non-hydrogen) atoms. The standard InChI is InChI=1S/C32H41N7O4/c1-22-8-7-9-23(2)29(22)39-21-25-20-33-31(35-30(25)38(32(39)42)12-5-6-17-40)34-26-10-11-27(24(18-26)19-28(41)43-4)37-15-13-36(3)14-16-37/h7-11,18,20,40H,5-6,12-17,19,21H2,1-4H3,(H,33,34,35). The molecule has 2 aliphatic rings. The molecule has 2 aliphatic heterocycles. The maximum Gasteiger partial charge on any atom is 0.330 e. The number of amides is 2. The number of hydrogen-bond donors (Lipinski definition) is 2. The van der Waals surface area contributed by atoms with Crippen LogP contribution in [0.4, 0.5) is 33.6 Å². The molecule has 2 amide bonds. The van der Waals surface area contributed by atoms with Crippen LogP contribution in [0.15, 0.2) is 42.6 Å². The van der Waals surface area contributed by atoms with Crippen LogP contribution in [0, 0.1) is 13.8 Å². The molecule has 0 atom stereocenters. The Morgan fingerprint density at radius 1 is 1.07 bits per heavy atom. The predicted molar refractivity (Wildman–Crippen MR) is 168 cm³/mol. The number of aliphatic hydroxyl groups is 1. The number of para-hydroxylation sites is 1. The van der Waals surface area contributed by atoms with Crippen LogP contribution in [0.5, 0.6) is 0 Å². The van der Waals surface area contributed by atoms with Crippen molar-refractivity contribution in [2.75, 3.05) is 73.5 Å². The summed E-state index contributed by atoms with van der Waals surface area (Å²) in [4.78, 5) is 43.7. The van der Waals surface area contributed by atoms with Gasteiger partial charge in [-0.2, -0.15) is 4.98 Å². The summed E-state index contributed by atoms with van der Waals surface area (Å²) < 4.78 is 4.98. The fourth-order valence-corrected chi connectivity index (χ4v) is 5.78. The molecule has 11 heteroatoms. The molecule has 1 saturated heterocycles. The summed E-state index contributed by atoms with van der Waals surface area (Å²) in [6, 6.07) is 11.8. The van der Waals surface area contributed by atoms with Gasteiger partial charge >= 0.3 is 12.0 Å². The second-order valence-corrected chi connectivity index (χ2v) is 11.2. The number of nitrogens with zero attached hydrogens (tertiary/aromatic N) is 6. The second-order valence-electron chi connectivity index (χ2n) is 11.2. The van der Waals surface area contributed by atoms with Crippen LogP contribution in [0.2, 0.25) is 0 Å². The average Bonchev–Trinajstić information content (AvgIpc) is 2.99. The number of carbonyl (C=O) groups is 2. The van der Waals surface area contributed by atoms with E-state index in [0.29, 0.717) is 37.7 Å². The van der Waals surface area contributed by atoms with Gasteiger partial charge in [0.1, 0.15) is 5.82 Å². The molecule has 1 aromatic heterocycles. The largest absolute Gasteiger partial charge is 0.469 e. The predicted octanol–water partition coefficient (Wildman–Crippen LogP) is 4.02. The quantitative estimate of drug-likeness (QED) is 0.268. The molecule has 3 heterocycles. The van der Waals surface area contributed by atoms with Gasteiger partial charge in [-0.1, -0.05) is 18.2 Å². The summed E-state index contributed by atoms with van der Waals surface area (Å²) >= 11 is 0. The van der Waals surface area contributed by atoms with Gasteiger partial charge in [-0.05, 0) is 68.6 Å². The van der Waals surface area contributed by atoms with Crippen molar-refractivity contribution < 1.29 is 19.4 Å². The van der Waals surface area contributed by atoms with Gasteiger partial charge in [0.05, 0.1) is 25.8 Å². The number of piperazine rings is 1. The highest BCUT2D eigenvalue weighted by molar-refractivity contribution is 6.06. The number of hydrogen-bond acceptors (Lipinski definition) is 9. The van der Waals surface area contributed by atoms with Gasteiger partial charge in [0.15, 0.2) is 0 Å². The van der Waals surface area contributed by atoms with Gasteiger partial charge < -0.3 is 25.0 Å². The number of fused-ring (bicyclic) bond motifs is 1. The minimum absolute atomic E-state index is 0.0596. The molecule has 5 rings (SSSR count). The van der Waals surface area contributed by atoms with Crippen LogP contribution in [0.3, 0.4) is 0 Å². The Morgan fingerprint density at radius 2 is 1.81 bits per heavy atom. The summed E-state index contributed by atoms with van der Waals surface area (Å²) in [6.45, 7) is 8.53. The first-order chi connectivity index (χ1) is 20.8. The number of likely N-dealkylation sites (N-methyl/N-ethyl adjacent to an activating group) is 1. The van der Waals surface area contributed by atoms with E-state index in [4.69, 9.17) is 9.72 Å². The third-order valence-electron chi connectivity index (χ3n) is 8.13. The second kappa shape index (κ2) is 13.4. The zero-order chi connectivity index (χ0) is 30.5. The van der Waals surface area contributed by atoms with Crippen molar-refractivity contribution in [2.24, 2.45) is 0 Å². The molecule has 2 N–H and O–H groups in total. The number of carbonyl (C=O) groups excluding carboxylic acids is 2. The smallest absolute Gasteiger partial charge is 0.330 e. The van der Waals surface area contributed by atoms with Crippen LogP contribution in [-0.4, -0.2) is 85.5 Å². The maximum atomic E-state index is 13.9. The molecular formula is C32H41N7O4. The fourth-order valence-electron chi connectivity index (χ4n) is 5.78. The van der Waals surface area contributed by atoms with Crippen LogP contribution in [0.1, 0.15) is 35.1 Å². The van der Waals surface area contributed by atoms with Crippen molar-refractivity contribution in [1.29, 1.82) is 0 Å². The lowest BCUT2D eigenvalue weighted by Crippen LogP contribution is -2.49. The number of nitrogens with one attached hydrogen (secondary N) is 1. The minimum atomic E-state index is -0.303. The maximum absolute atomic E-state index is 13.9. The zero-order valence-electron chi connectivity index (χ0n) is 25.5. The molecular weight excluding hydrogens is 546 g/mol. The van der Waals surface area contributed by atoms with E-state index in [-0.39, 0.29) is 25.0 Å². The summed E-state index contributed by atoms with van der Waals surface area (Å²) in [5.74, 6) is 0.616. The fraction of sp³-hybridized carbons (Fsp3) is 0.438. The molecule has 0 radical (unpaired) electrons. The lowest BCUT2D eigenvalue weighted by molar-refractivity contribution is -0.139. The lowest BCUT2D eigenvalue weighted by Gasteiger charge is -2.37. The zero-order valence-corrected chi connectivity index (χ0v) is 25.5. The molecule has 3 aromatic rings. The Balaban J connectivity index is 1.44. The van der Waals surface area contributed by atoms with E-state index in [9.17, 15) is 14.7 Å². The van der Waals surface area contributed by atoms with E-state index in [1.807, 2.05) is 50.2 Å². The summed E-state index contributed by atoms with van der Waals surface area (Å²) in [7, 11) is 3.51. The van der Waals surface area contributed by atoms with Crippen LogP contribution in [0.25, 0.3) is 0 Å². The van der Waals surface area contributed by atoms with Gasteiger partial charge in [0.25, 0.3) is 0 Å². The van der Waals surface area contributed by atoms with Crippen molar-refractivity contribution >= 4 is 40.8 Å². The third-order valence-corrected chi connectivity index (χ3v) is 8.13. The molecule has 11 nitrogen and oxygen atoms in total. The lowest BCUT2D eigenvalue weighted by atomic mass is 10.1. The minimum Gasteiger partial charge on any atom is -0.469 e. The SMILES string of the molecule is COC(=O)Cc1cc(Nc2ncc3c(n2)N(CCCCO)C(=O)N(c2c(C)cccc2C)C3)ccc1N1CCN(C)CC1. The van der Waals surface area contributed by atoms with Gasteiger partial charge in [-0.15, -0.1) is 0 Å². The number of aliphatic hydroxyl groups excluding tert-OH is 1. The van der Waals surface area contributed by atoms with Gasteiger partial charge in [-0.25, -0.2) is 9.78 Å². The number of benzene rings is 2. The Labute approximate surface area is 253 Å². The van der Waals surface area contributed by atoms with Crippen LogP contribution < -0.4 is 20.0 Å². The number of urea groups is 1. The van der Waals surface area contributed by atoms with Gasteiger partial charge in [0.2, 0.25) is 5.95 Å². The number of aryl methyl sites for hydroxylation is 2. The Bertz CT molecular complexity index is 1450. The summed E-state index contributed by atoms with van der Waals surface area (Å²) in [5, 5.41) is 12.7. The number of aromatic nitrogens is 2. The van der Waals surface area contributed by atoms with Crippen LogP contribution in [-0.2, 0) is 22.5 Å². The first-order valence-electron chi connectivity index (χ1n) is 14.8. The van der Waals surface area contributed by atoms with Crippen molar-refractivity contribution in [3.8, 4) is 0 Å². The van der Waals surface area contributed by atoms with Crippen molar-refractivity contribution in [2.45, 2.75) is 39.7 Å². The van der Waals surface area contributed by atoms with Gasteiger partial charge in [0, 0.05) is 62.5 Å². The van der Waals surface area contributed by atoms with Crippen LogP contribution >= 0.6 is 0 Å². The highest BCUT2D eigenvalue weighted by Gasteiger charge is 2.34. The van der Waals surface area contributed by atoms with E-state index in [1.165, 1.54) is 7.11 Å². The number of anilines is 5. The Morgan fingerprint density at radius 3 is 2.51 bits per heavy atom. The van der Waals surface area contributed by atoms with Crippen molar-refractivity contribution in [3.05, 3.63) is 64.8 Å². The van der Waals surface area contributed by atoms with E-state index in [0.717, 1.165) is 65.5 Å². The highest BCUT2D eigenvalue weighted by atomic mass is 16.5. The number of unbranched alkanes of at least 4 members (excludes halogenated alkanes) is 1. The third kappa shape index (κ3) is 6.73. The summed E-state index contributed by atoms with van der Waals surface area (Å²) in [6.07, 6.45) is 3.14. The monoisotopic (exact) mass is 587 g/mol. The molecule has 0 bridgehead atoms. The highest BCUT2D eigenvalue weighted by Crippen LogP contribution is 2.35. The molecule has 0 unspecified atom stereocenters. The molecule has 0 saturated carbocycles. The first kappa shape index (κ1) is 30.2. The topological polar surface area (TPSA) is 114 Å². The number of ether oxygens (including phenoxy) is 1. The number of methoxy groups -OCH3 is 1. The number of rotatable bonds is 10. The van der Waals surface area contributed by atoms with Gasteiger partial charge in [-0.3, -0.25) is 14.6 Å². The molecule has 1 fully saturated rings. The Hall–Kier alpha value is -4.22. The molecule has 2 aromatic carbocycles. The molecule has 0 spiro atoms. The first-order valence-corrected chi connectivity index (χ1v) is 14.8. The number of esters is 1. The average molecular weight is 588 g/mol. The van der Waals surface area contributed by atoms with E-state index in [1.54, 1.807) is 16.0 Å². The van der Waals surface area contributed by atoms with Crippen molar-refractivity contribution in [3.63, 3.8) is 0 Å². The molecule has 228 valence electrons.